The van der Waals surface area contributed by atoms with Crippen molar-refractivity contribution in [1.29, 1.82) is 0 Å². The lowest BCUT2D eigenvalue weighted by Crippen LogP contribution is -2.39. The monoisotopic (exact) mass is 264 g/mol. The predicted molar refractivity (Wildman–Crippen MR) is 78.8 cm³/mol. The molecule has 1 aliphatic rings. The first-order valence-electron chi connectivity index (χ1n) is 7.39. The van der Waals surface area contributed by atoms with Crippen LogP contribution >= 0.6 is 0 Å². The number of halogens is 1. The molecule has 1 aromatic rings. The molecule has 106 valence electrons. The van der Waals surface area contributed by atoms with Gasteiger partial charge in [0, 0.05) is 25.3 Å². The van der Waals surface area contributed by atoms with E-state index in [0.717, 1.165) is 18.0 Å². The van der Waals surface area contributed by atoms with Gasteiger partial charge in [0.15, 0.2) is 0 Å². The highest BCUT2D eigenvalue weighted by Gasteiger charge is 2.21. The van der Waals surface area contributed by atoms with Crippen molar-refractivity contribution in [3.8, 4) is 0 Å². The van der Waals surface area contributed by atoms with E-state index in [1.165, 1.54) is 38.2 Å². The molecule has 1 aromatic carbocycles. The Kier molecular flexibility index (Phi) is 5.20. The fourth-order valence-electron chi connectivity index (χ4n) is 3.13. The summed E-state index contributed by atoms with van der Waals surface area (Å²) in [5, 5.41) is 0. The Morgan fingerprint density at radius 2 is 2.05 bits per heavy atom. The normalized spacial score (nSPS) is 18.3. The topological polar surface area (TPSA) is 29.3 Å². The van der Waals surface area contributed by atoms with Crippen LogP contribution in [-0.2, 0) is 0 Å². The maximum absolute atomic E-state index is 13.3. The van der Waals surface area contributed by atoms with E-state index in [-0.39, 0.29) is 5.82 Å². The van der Waals surface area contributed by atoms with Crippen molar-refractivity contribution in [3.05, 3.63) is 30.1 Å². The summed E-state index contributed by atoms with van der Waals surface area (Å²) in [5.41, 5.74) is 6.85. The first-order chi connectivity index (χ1) is 9.20. The number of anilines is 1. The smallest absolute Gasteiger partial charge is 0.125 e. The molecule has 0 heterocycles. The van der Waals surface area contributed by atoms with Gasteiger partial charge in [-0.3, -0.25) is 0 Å². The fraction of sp³-hybridized carbons (Fsp3) is 0.625. The molecule has 19 heavy (non-hydrogen) atoms. The number of nitrogens with two attached hydrogens (primary N) is 1. The fourth-order valence-corrected chi connectivity index (χ4v) is 3.13. The molecule has 3 heteroatoms. The van der Waals surface area contributed by atoms with Crippen molar-refractivity contribution in [3.63, 3.8) is 0 Å². The molecule has 0 aromatic heterocycles. The summed E-state index contributed by atoms with van der Waals surface area (Å²) < 4.78 is 13.3. The molecule has 1 saturated carbocycles. The molecule has 0 aliphatic heterocycles. The highest BCUT2D eigenvalue weighted by Crippen LogP contribution is 2.29. The van der Waals surface area contributed by atoms with Crippen LogP contribution in [0.5, 0.6) is 0 Å². The Hall–Kier alpha value is -1.09. The molecule has 1 atom stereocenters. The average Bonchev–Trinajstić information content (AvgIpc) is 2.45. The Labute approximate surface area is 115 Å². The van der Waals surface area contributed by atoms with Crippen LogP contribution in [0.2, 0.25) is 0 Å². The molecule has 2 nitrogen and oxygen atoms in total. The van der Waals surface area contributed by atoms with Gasteiger partial charge >= 0.3 is 0 Å². The van der Waals surface area contributed by atoms with Crippen LogP contribution in [0.3, 0.4) is 0 Å². The largest absolute Gasteiger partial charge is 0.370 e. The predicted octanol–water partition coefficient (Wildman–Crippen LogP) is 3.56. The second kappa shape index (κ2) is 6.90. The molecule has 0 bridgehead atoms. The maximum Gasteiger partial charge on any atom is 0.125 e. The van der Waals surface area contributed by atoms with Gasteiger partial charge in [0.05, 0.1) is 0 Å². The molecule has 0 amide bonds. The van der Waals surface area contributed by atoms with Crippen LogP contribution in [0.25, 0.3) is 0 Å². The van der Waals surface area contributed by atoms with E-state index in [4.69, 9.17) is 5.73 Å². The number of rotatable bonds is 5. The molecule has 2 N–H and O–H groups in total. The van der Waals surface area contributed by atoms with E-state index < -0.39 is 0 Å². The highest BCUT2D eigenvalue weighted by molar-refractivity contribution is 5.46. The van der Waals surface area contributed by atoms with E-state index in [9.17, 15) is 4.39 Å². The minimum atomic E-state index is -0.183. The number of hydrogen-bond donors (Lipinski definition) is 1. The number of benzene rings is 1. The summed E-state index contributed by atoms with van der Waals surface area (Å²) in [4.78, 5) is 2.14. The second-order valence-corrected chi connectivity index (χ2v) is 5.72. The Bertz CT molecular complexity index is 388. The van der Waals surface area contributed by atoms with Gasteiger partial charge in [0.25, 0.3) is 0 Å². The van der Waals surface area contributed by atoms with E-state index in [0.29, 0.717) is 12.6 Å². The minimum Gasteiger partial charge on any atom is -0.370 e. The standard InChI is InChI=1S/C16H25FN2/c1-19(15-9-5-8-14(17)11-15)16(12-18)10-13-6-3-2-4-7-13/h5,8-9,11,13,16H,2-4,6-7,10,12,18H2,1H3. The zero-order valence-corrected chi connectivity index (χ0v) is 11.8. The van der Waals surface area contributed by atoms with Gasteiger partial charge in [-0.15, -0.1) is 0 Å². The molecule has 1 aliphatic carbocycles. The summed E-state index contributed by atoms with van der Waals surface area (Å²) in [7, 11) is 2.02. The van der Waals surface area contributed by atoms with Crippen molar-refractivity contribution >= 4 is 5.69 Å². The zero-order valence-electron chi connectivity index (χ0n) is 11.8. The molecule has 2 rings (SSSR count). The maximum atomic E-state index is 13.3. The summed E-state index contributed by atoms with van der Waals surface area (Å²) >= 11 is 0. The van der Waals surface area contributed by atoms with E-state index in [2.05, 4.69) is 4.90 Å². The van der Waals surface area contributed by atoms with Crippen molar-refractivity contribution < 1.29 is 4.39 Å². The van der Waals surface area contributed by atoms with Crippen molar-refractivity contribution in [2.75, 3.05) is 18.5 Å². The third-order valence-corrected chi connectivity index (χ3v) is 4.37. The van der Waals surface area contributed by atoms with Crippen molar-refractivity contribution in [2.24, 2.45) is 11.7 Å². The van der Waals surface area contributed by atoms with Crippen LogP contribution in [0, 0.1) is 11.7 Å². The molecular weight excluding hydrogens is 239 g/mol. The molecule has 1 unspecified atom stereocenters. The van der Waals surface area contributed by atoms with Crippen molar-refractivity contribution in [1.82, 2.24) is 0 Å². The molecular formula is C16H25FN2. The lowest BCUT2D eigenvalue weighted by molar-refractivity contribution is 0.316. The Morgan fingerprint density at radius 3 is 2.68 bits per heavy atom. The van der Waals surface area contributed by atoms with Gasteiger partial charge < -0.3 is 10.6 Å². The first-order valence-corrected chi connectivity index (χ1v) is 7.39. The number of likely N-dealkylation sites (N-methyl/N-ethyl adjacent to an activating group) is 1. The molecule has 0 spiro atoms. The van der Waals surface area contributed by atoms with Gasteiger partial charge in [-0.05, 0) is 30.5 Å². The Morgan fingerprint density at radius 1 is 1.32 bits per heavy atom. The van der Waals surface area contributed by atoms with Gasteiger partial charge in [0.1, 0.15) is 5.82 Å². The molecule has 0 radical (unpaired) electrons. The second-order valence-electron chi connectivity index (χ2n) is 5.72. The quantitative estimate of drug-likeness (QED) is 0.881. The number of hydrogen-bond acceptors (Lipinski definition) is 2. The molecule has 1 fully saturated rings. The summed E-state index contributed by atoms with van der Waals surface area (Å²) in [6.45, 7) is 0.628. The number of nitrogens with zero attached hydrogens (tertiary/aromatic N) is 1. The summed E-state index contributed by atoms with van der Waals surface area (Å²) in [6, 6.07) is 7.09. The van der Waals surface area contributed by atoms with Crippen LogP contribution in [0.1, 0.15) is 38.5 Å². The van der Waals surface area contributed by atoms with Crippen LogP contribution < -0.4 is 10.6 Å². The van der Waals surface area contributed by atoms with Gasteiger partial charge in [-0.1, -0.05) is 38.2 Å². The summed E-state index contributed by atoms with van der Waals surface area (Å²) in [6.07, 6.45) is 7.87. The van der Waals surface area contributed by atoms with E-state index in [1.807, 2.05) is 13.1 Å². The van der Waals surface area contributed by atoms with Crippen LogP contribution in [0.4, 0.5) is 10.1 Å². The van der Waals surface area contributed by atoms with Crippen LogP contribution in [-0.4, -0.2) is 19.6 Å². The van der Waals surface area contributed by atoms with Gasteiger partial charge in [0.2, 0.25) is 0 Å². The third kappa shape index (κ3) is 3.93. The molecule has 0 saturated heterocycles. The van der Waals surface area contributed by atoms with Crippen LogP contribution in [0.15, 0.2) is 24.3 Å². The van der Waals surface area contributed by atoms with E-state index in [1.54, 1.807) is 12.1 Å². The SMILES string of the molecule is CN(c1cccc(F)c1)C(CN)CC1CCCCC1. The Balaban J connectivity index is 1.99. The van der Waals surface area contributed by atoms with Crippen molar-refractivity contribution in [2.45, 2.75) is 44.6 Å². The third-order valence-electron chi connectivity index (χ3n) is 4.37. The minimum absolute atomic E-state index is 0.183. The average molecular weight is 264 g/mol. The lowest BCUT2D eigenvalue weighted by atomic mass is 9.84. The lowest BCUT2D eigenvalue weighted by Gasteiger charge is -2.33. The highest BCUT2D eigenvalue weighted by atomic mass is 19.1. The first kappa shape index (κ1) is 14.3. The zero-order chi connectivity index (χ0) is 13.7. The van der Waals surface area contributed by atoms with Gasteiger partial charge in [-0.25, -0.2) is 4.39 Å². The van der Waals surface area contributed by atoms with E-state index >= 15 is 0 Å². The summed E-state index contributed by atoms with van der Waals surface area (Å²) in [5.74, 6) is 0.607. The van der Waals surface area contributed by atoms with Gasteiger partial charge in [-0.2, -0.15) is 0 Å².